The van der Waals surface area contributed by atoms with E-state index < -0.39 is 18.0 Å². The van der Waals surface area contributed by atoms with Crippen molar-refractivity contribution in [1.82, 2.24) is 4.98 Å². The van der Waals surface area contributed by atoms with Crippen molar-refractivity contribution in [2.24, 2.45) is 0 Å². The fourth-order valence-electron chi connectivity index (χ4n) is 0.864. The second kappa shape index (κ2) is 3.83. The van der Waals surface area contributed by atoms with Crippen LogP contribution in [0.25, 0.3) is 0 Å². The van der Waals surface area contributed by atoms with Crippen LogP contribution in [0.3, 0.4) is 0 Å². The zero-order valence-electron chi connectivity index (χ0n) is 7.25. The molecule has 6 heteroatoms. The molecule has 0 saturated heterocycles. The Kier molecular flexibility index (Phi) is 2.95. The van der Waals surface area contributed by atoms with Gasteiger partial charge in [0.05, 0.1) is 12.8 Å². The summed E-state index contributed by atoms with van der Waals surface area (Å²) < 4.78 is 40.7. The quantitative estimate of drug-likeness (QED) is 0.802. The summed E-state index contributed by atoms with van der Waals surface area (Å²) in [6.07, 6.45) is -7.28. The first-order valence-corrected chi connectivity index (χ1v) is 3.71. The van der Waals surface area contributed by atoms with E-state index in [4.69, 9.17) is 5.11 Å². The van der Waals surface area contributed by atoms with Gasteiger partial charge in [-0.1, -0.05) is 6.07 Å². The van der Waals surface area contributed by atoms with Gasteiger partial charge in [0.2, 0.25) is 5.88 Å². The molecule has 1 aromatic heterocycles. The minimum absolute atomic E-state index is 0.0331. The van der Waals surface area contributed by atoms with Gasteiger partial charge in [0, 0.05) is 6.07 Å². The van der Waals surface area contributed by atoms with Crippen LogP contribution in [-0.4, -0.2) is 23.4 Å². The molecular formula is C8H8F3NO2. The molecule has 1 atom stereocenters. The van der Waals surface area contributed by atoms with Gasteiger partial charge in [0.25, 0.3) is 0 Å². The number of aliphatic hydroxyl groups is 1. The molecule has 1 aromatic rings. The van der Waals surface area contributed by atoms with Crippen LogP contribution in [0, 0.1) is 0 Å². The Morgan fingerprint density at radius 3 is 2.57 bits per heavy atom. The third-order valence-corrected chi connectivity index (χ3v) is 1.54. The van der Waals surface area contributed by atoms with Crippen LogP contribution < -0.4 is 4.74 Å². The molecule has 0 fully saturated rings. The number of nitrogens with zero attached hydrogens (tertiary/aromatic N) is 1. The van der Waals surface area contributed by atoms with Crippen molar-refractivity contribution in [2.45, 2.75) is 12.3 Å². The van der Waals surface area contributed by atoms with Gasteiger partial charge in [-0.3, -0.25) is 0 Å². The monoisotopic (exact) mass is 207 g/mol. The molecule has 0 aromatic carbocycles. The third kappa shape index (κ3) is 2.35. The van der Waals surface area contributed by atoms with E-state index in [0.29, 0.717) is 0 Å². The van der Waals surface area contributed by atoms with Crippen molar-refractivity contribution in [3.63, 3.8) is 0 Å². The van der Waals surface area contributed by atoms with E-state index in [0.717, 1.165) is 6.07 Å². The third-order valence-electron chi connectivity index (χ3n) is 1.54. The van der Waals surface area contributed by atoms with E-state index in [2.05, 4.69) is 9.72 Å². The van der Waals surface area contributed by atoms with Crippen LogP contribution in [-0.2, 0) is 0 Å². The van der Waals surface area contributed by atoms with Crippen LogP contribution in [0.5, 0.6) is 5.88 Å². The molecule has 14 heavy (non-hydrogen) atoms. The molecule has 0 radical (unpaired) electrons. The standard InChI is InChI=1S/C8H8F3NO2/c1-14-6-4-2-3-5(12-6)7(13)8(9,10)11/h2-4,7,13H,1H3/t7-/m1/s1. The maximum atomic E-state index is 12.0. The zero-order chi connectivity index (χ0) is 10.8. The maximum Gasteiger partial charge on any atom is 0.420 e. The van der Waals surface area contributed by atoms with E-state index in [1.165, 1.54) is 19.2 Å². The average Bonchev–Trinajstić information content (AvgIpc) is 2.15. The molecular weight excluding hydrogens is 199 g/mol. The Hall–Kier alpha value is -1.30. The topological polar surface area (TPSA) is 42.4 Å². The first-order valence-electron chi connectivity index (χ1n) is 3.71. The first kappa shape index (κ1) is 10.8. The highest BCUT2D eigenvalue weighted by Gasteiger charge is 2.40. The molecule has 1 rings (SSSR count). The fraction of sp³-hybridized carbons (Fsp3) is 0.375. The lowest BCUT2D eigenvalue weighted by atomic mass is 10.2. The van der Waals surface area contributed by atoms with Gasteiger partial charge < -0.3 is 9.84 Å². The molecule has 0 aliphatic carbocycles. The Morgan fingerprint density at radius 2 is 2.07 bits per heavy atom. The molecule has 0 aliphatic heterocycles. The summed E-state index contributed by atoms with van der Waals surface area (Å²) in [6, 6.07) is 3.81. The Morgan fingerprint density at radius 1 is 1.43 bits per heavy atom. The summed E-state index contributed by atoms with van der Waals surface area (Å²) in [5.41, 5.74) is -0.475. The number of alkyl halides is 3. The van der Waals surface area contributed by atoms with E-state index in [1.807, 2.05) is 0 Å². The van der Waals surface area contributed by atoms with Crippen LogP contribution in [0.2, 0.25) is 0 Å². The minimum atomic E-state index is -4.71. The van der Waals surface area contributed by atoms with E-state index in [9.17, 15) is 13.2 Å². The van der Waals surface area contributed by atoms with Gasteiger partial charge in [-0.15, -0.1) is 0 Å². The first-order chi connectivity index (χ1) is 6.45. The van der Waals surface area contributed by atoms with Crippen molar-refractivity contribution in [3.8, 4) is 5.88 Å². The summed E-state index contributed by atoms with van der Waals surface area (Å²) in [6.45, 7) is 0. The predicted molar refractivity (Wildman–Crippen MR) is 41.8 cm³/mol. The number of methoxy groups -OCH3 is 1. The number of hydrogen-bond donors (Lipinski definition) is 1. The maximum absolute atomic E-state index is 12.0. The fourth-order valence-corrected chi connectivity index (χ4v) is 0.864. The molecule has 0 saturated carbocycles. The van der Waals surface area contributed by atoms with Gasteiger partial charge in [-0.2, -0.15) is 13.2 Å². The molecule has 1 heterocycles. The number of rotatable bonds is 2. The molecule has 0 aliphatic rings. The Balaban J connectivity index is 2.95. The molecule has 0 bridgehead atoms. The normalized spacial score (nSPS) is 13.8. The lowest BCUT2D eigenvalue weighted by Gasteiger charge is -2.13. The number of aromatic nitrogens is 1. The minimum Gasteiger partial charge on any atom is -0.481 e. The number of hydrogen-bond acceptors (Lipinski definition) is 3. The number of pyridine rings is 1. The Bertz CT molecular complexity index is 314. The molecule has 1 N–H and O–H groups in total. The van der Waals surface area contributed by atoms with Crippen molar-refractivity contribution < 1.29 is 23.0 Å². The summed E-state index contributed by atoms with van der Waals surface area (Å²) in [5.74, 6) is 0.0331. The van der Waals surface area contributed by atoms with Gasteiger partial charge in [0.1, 0.15) is 0 Å². The lowest BCUT2D eigenvalue weighted by Crippen LogP contribution is -2.21. The highest BCUT2D eigenvalue weighted by Crippen LogP contribution is 2.31. The summed E-state index contributed by atoms with van der Waals surface area (Å²) in [5, 5.41) is 8.83. The highest BCUT2D eigenvalue weighted by molar-refractivity contribution is 5.17. The SMILES string of the molecule is COc1cccc([C@@H](O)C(F)(F)F)n1. The number of halogens is 3. The van der Waals surface area contributed by atoms with E-state index in [1.54, 1.807) is 0 Å². The highest BCUT2D eigenvalue weighted by atomic mass is 19.4. The van der Waals surface area contributed by atoms with Crippen LogP contribution in [0.1, 0.15) is 11.8 Å². The Labute approximate surface area is 78.2 Å². The van der Waals surface area contributed by atoms with E-state index in [-0.39, 0.29) is 5.88 Å². The number of ether oxygens (including phenoxy) is 1. The van der Waals surface area contributed by atoms with Crippen molar-refractivity contribution in [1.29, 1.82) is 0 Å². The van der Waals surface area contributed by atoms with Gasteiger partial charge >= 0.3 is 6.18 Å². The van der Waals surface area contributed by atoms with Gasteiger partial charge in [0.15, 0.2) is 6.10 Å². The molecule has 0 unspecified atom stereocenters. The number of aliphatic hydroxyl groups excluding tert-OH is 1. The zero-order valence-corrected chi connectivity index (χ0v) is 7.25. The largest absolute Gasteiger partial charge is 0.481 e. The lowest BCUT2D eigenvalue weighted by molar-refractivity contribution is -0.208. The second-order valence-corrected chi connectivity index (χ2v) is 2.55. The molecule has 0 amide bonds. The summed E-state index contributed by atoms with van der Waals surface area (Å²) >= 11 is 0. The molecule has 78 valence electrons. The summed E-state index contributed by atoms with van der Waals surface area (Å²) in [4.78, 5) is 3.47. The van der Waals surface area contributed by atoms with Crippen LogP contribution >= 0.6 is 0 Å². The van der Waals surface area contributed by atoms with Crippen LogP contribution in [0.4, 0.5) is 13.2 Å². The van der Waals surface area contributed by atoms with E-state index >= 15 is 0 Å². The predicted octanol–water partition coefficient (Wildman–Crippen LogP) is 1.69. The van der Waals surface area contributed by atoms with Crippen molar-refractivity contribution in [2.75, 3.05) is 7.11 Å². The molecule has 0 spiro atoms. The summed E-state index contributed by atoms with van der Waals surface area (Å²) in [7, 11) is 1.28. The van der Waals surface area contributed by atoms with Gasteiger partial charge in [-0.05, 0) is 6.07 Å². The van der Waals surface area contributed by atoms with Crippen LogP contribution in [0.15, 0.2) is 18.2 Å². The second-order valence-electron chi connectivity index (χ2n) is 2.55. The molecule has 3 nitrogen and oxygen atoms in total. The van der Waals surface area contributed by atoms with Gasteiger partial charge in [-0.25, -0.2) is 4.98 Å². The smallest absolute Gasteiger partial charge is 0.420 e. The van der Waals surface area contributed by atoms with Crippen molar-refractivity contribution >= 4 is 0 Å². The van der Waals surface area contributed by atoms with Crippen molar-refractivity contribution in [3.05, 3.63) is 23.9 Å². The average molecular weight is 207 g/mol.